The lowest BCUT2D eigenvalue weighted by molar-refractivity contribution is 0.229. The molecule has 2 heterocycles. The van der Waals surface area contributed by atoms with Crippen molar-refractivity contribution in [2.24, 2.45) is 5.73 Å². The number of para-hydroxylation sites is 1. The number of rotatable bonds is 3. The molecule has 6 heteroatoms. The summed E-state index contributed by atoms with van der Waals surface area (Å²) in [5.74, 6) is 1.11. The average Bonchev–Trinajstić information content (AvgIpc) is 3.29. The van der Waals surface area contributed by atoms with Crippen LogP contribution in [0, 0.1) is 0 Å². The topological polar surface area (TPSA) is 82.8 Å². The number of nitrogens with zero attached hydrogens (tertiary/aromatic N) is 4. The van der Waals surface area contributed by atoms with Crippen molar-refractivity contribution in [3.63, 3.8) is 0 Å². The van der Waals surface area contributed by atoms with E-state index in [-0.39, 0.29) is 0 Å². The van der Waals surface area contributed by atoms with Crippen molar-refractivity contribution >= 4 is 0 Å². The Morgan fingerprint density at radius 3 is 2.67 bits per heavy atom. The molecule has 0 aliphatic heterocycles. The maximum Gasteiger partial charge on any atom is 0.278 e. The van der Waals surface area contributed by atoms with Gasteiger partial charge in [0.25, 0.3) is 5.89 Å². The smallest absolute Gasteiger partial charge is 0.278 e. The van der Waals surface area contributed by atoms with E-state index in [4.69, 9.17) is 15.4 Å². The lowest BCUT2D eigenvalue weighted by Crippen LogP contribution is -2.44. The van der Waals surface area contributed by atoms with Crippen LogP contribution >= 0.6 is 0 Å². The minimum atomic E-state index is -0.410. The third kappa shape index (κ3) is 1.96. The van der Waals surface area contributed by atoms with Gasteiger partial charge in [-0.15, -0.1) is 0 Å². The van der Waals surface area contributed by atoms with Crippen molar-refractivity contribution in [3.05, 3.63) is 47.4 Å². The highest BCUT2D eigenvalue weighted by Gasteiger charge is 2.39. The predicted octanol–water partition coefficient (Wildman–Crippen LogP) is 2.75. The second-order valence-corrected chi connectivity index (χ2v) is 6.81. The Kier molecular flexibility index (Phi) is 2.91. The van der Waals surface area contributed by atoms with E-state index >= 15 is 0 Å². The zero-order chi connectivity index (χ0) is 16.1. The van der Waals surface area contributed by atoms with Crippen molar-refractivity contribution in [2.45, 2.75) is 44.1 Å². The number of nitrogens with two attached hydrogens (primary N) is 1. The molecule has 0 saturated heterocycles. The highest BCUT2D eigenvalue weighted by atomic mass is 16.5. The molecule has 1 saturated carbocycles. The minimum absolute atomic E-state index is 0.410. The largest absolute Gasteiger partial charge is 0.332 e. The second kappa shape index (κ2) is 5.01. The quantitative estimate of drug-likeness (QED) is 0.802. The maximum absolute atomic E-state index is 6.31. The molecule has 24 heavy (non-hydrogen) atoms. The van der Waals surface area contributed by atoms with Crippen molar-refractivity contribution in [2.75, 3.05) is 0 Å². The van der Waals surface area contributed by atoms with Crippen LogP contribution in [-0.4, -0.2) is 19.9 Å². The lowest BCUT2D eigenvalue weighted by atomic mass is 9.77. The first kappa shape index (κ1) is 13.9. The molecule has 0 amide bonds. The zero-order valence-electron chi connectivity index (χ0n) is 13.4. The van der Waals surface area contributed by atoms with Gasteiger partial charge in [-0.05, 0) is 50.7 Å². The molecule has 2 N–H and O–H groups in total. The van der Waals surface area contributed by atoms with Gasteiger partial charge in [-0.25, -0.2) is 4.68 Å². The van der Waals surface area contributed by atoms with Crippen LogP contribution in [-0.2, 0) is 18.4 Å². The van der Waals surface area contributed by atoms with Crippen LogP contribution in [0.15, 0.2) is 34.9 Å². The van der Waals surface area contributed by atoms with Gasteiger partial charge >= 0.3 is 0 Å². The summed E-state index contributed by atoms with van der Waals surface area (Å²) in [5, 5.41) is 8.92. The van der Waals surface area contributed by atoms with E-state index in [1.54, 1.807) is 0 Å². The summed E-state index contributed by atoms with van der Waals surface area (Å²) in [6.45, 7) is 0. The van der Waals surface area contributed by atoms with E-state index < -0.39 is 5.54 Å². The van der Waals surface area contributed by atoms with Gasteiger partial charge in [-0.3, -0.25) is 0 Å². The van der Waals surface area contributed by atoms with Crippen LogP contribution in [0.2, 0.25) is 0 Å². The fraction of sp³-hybridized carbons (Fsp3) is 0.389. The summed E-state index contributed by atoms with van der Waals surface area (Å²) in [6.07, 6.45) is 6.13. The molecule has 0 bridgehead atoms. The molecule has 1 aromatic carbocycles. The van der Waals surface area contributed by atoms with Gasteiger partial charge in [0.2, 0.25) is 0 Å². The number of benzene rings is 1. The zero-order valence-corrected chi connectivity index (χ0v) is 13.4. The molecule has 0 unspecified atom stereocenters. The summed E-state index contributed by atoms with van der Waals surface area (Å²) in [4.78, 5) is 4.58. The van der Waals surface area contributed by atoms with E-state index in [9.17, 15) is 0 Å². The van der Waals surface area contributed by atoms with Crippen LogP contribution in [0.3, 0.4) is 0 Å². The van der Waals surface area contributed by atoms with Crippen molar-refractivity contribution in [1.29, 1.82) is 0 Å². The van der Waals surface area contributed by atoms with E-state index in [1.165, 1.54) is 11.3 Å². The Bertz CT molecular complexity index is 892. The summed E-state index contributed by atoms with van der Waals surface area (Å²) in [7, 11) is 0. The molecular formula is C18H19N5O. The predicted molar refractivity (Wildman–Crippen MR) is 88.6 cm³/mol. The molecule has 122 valence electrons. The third-order valence-electron chi connectivity index (χ3n) is 5.25. The fourth-order valence-corrected chi connectivity index (χ4v) is 3.70. The van der Waals surface area contributed by atoms with E-state index in [1.807, 2.05) is 22.9 Å². The summed E-state index contributed by atoms with van der Waals surface area (Å²) < 4.78 is 7.55. The van der Waals surface area contributed by atoms with Gasteiger partial charge in [0.05, 0.1) is 11.2 Å². The van der Waals surface area contributed by atoms with Crippen molar-refractivity contribution < 1.29 is 4.52 Å². The van der Waals surface area contributed by atoms with Crippen LogP contribution in [0.5, 0.6) is 0 Å². The monoisotopic (exact) mass is 321 g/mol. The highest BCUT2D eigenvalue weighted by molar-refractivity contribution is 5.58. The minimum Gasteiger partial charge on any atom is -0.332 e. The molecular weight excluding hydrogens is 302 g/mol. The molecule has 1 fully saturated rings. The Labute approximate surface area is 139 Å². The summed E-state index contributed by atoms with van der Waals surface area (Å²) in [5.41, 5.74) is 10.3. The summed E-state index contributed by atoms with van der Waals surface area (Å²) >= 11 is 0. The number of aromatic nitrogens is 4. The Morgan fingerprint density at radius 1 is 1.08 bits per heavy atom. The Morgan fingerprint density at radius 2 is 1.92 bits per heavy atom. The highest BCUT2D eigenvalue weighted by Crippen LogP contribution is 2.39. The van der Waals surface area contributed by atoms with Gasteiger partial charge < -0.3 is 10.3 Å². The Hall–Kier alpha value is -2.47. The first-order chi connectivity index (χ1) is 11.7. The second-order valence-electron chi connectivity index (χ2n) is 6.81. The molecule has 5 rings (SSSR count). The van der Waals surface area contributed by atoms with E-state index in [0.717, 1.165) is 49.9 Å². The van der Waals surface area contributed by atoms with E-state index in [2.05, 4.69) is 22.3 Å². The molecule has 6 nitrogen and oxygen atoms in total. The molecule has 0 atom stereocenters. The van der Waals surface area contributed by atoms with Gasteiger partial charge in [-0.2, -0.15) is 10.1 Å². The number of hydrogen-bond acceptors (Lipinski definition) is 5. The number of fused-ring (bicyclic) bond motifs is 1. The molecule has 2 aliphatic rings. The van der Waals surface area contributed by atoms with E-state index in [0.29, 0.717) is 11.7 Å². The molecule has 2 aliphatic carbocycles. The van der Waals surface area contributed by atoms with Crippen molar-refractivity contribution in [1.82, 2.24) is 19.9 Å². The van der Waals surface area contributed by atoms with Crippen LogP contribution in [0.1, 0.15) is 42.8 Å². The average molecular weight is 321 g/mol. The molecule has 0 spiro atoms. The fourth-order valence-electron chi connectivity index (χ4n) is 3.70. The van der Waals surface area contributed by atoms with Crippen molar-refractivity contribution in [3.8, 4) is 17.3 Å². The molecule has 2 aromatic heterocycles. The SMILES string of the molecule is NC1(c2noc(-c3nn(-c4ccccc4)c4c3CCC4)n2)CCC1. The van der Waals surface area contributed by atoms with Gasteiger partial charge in [0.1, 0.15) is 0 Å². The summed E-state index contributed by atoms with van der Waals surface area (Å²) in [6, 6.07) is 10.2. The number of hydrogen-bond donors (Lipinski definition) is 1. The normalized spacial score (nSPS) is 18.4. The first-order valence-corrected chi connectivity index (χ1v) is 8.54. The van der Waals surface area contributed by atoms with Gasteiger partial charge in [0, 0.05) is 11.3 Å². The lowest BCUT2D eigenvalue weighted by Gasteiger charge is -2.34. The molecule has 0 radical (unpaired) electrons. The first-order valence-electron chi connectivity index (χ1n) is 8.54. The Balaban J connectivity index is 1.60. The van der Waals surface area contributed by atoms with Gasteiger partial charge in [-0.1, -0.05) is 23.4 Å². The standard InChI is InChI=1S/C18H19N5O/c19-18(10-5-11-18)17-20-16(24-22-17)15-13-8-4-9-14(13)23(21-15)12-6-2-1-3-7-12/h1-3,6-7H,4-5,8-11,19H2. The third-order valence-corrected chi connectivity index (χ3v) is 5.25. The van der Waals surface area contributed by atoms with Crippen LogP contribution < -0.4 is 5.73 Å². The maximum atomic E-state index is 6.31. The van der Waals surface area contributed by atoms with Crippen LogP contribution in [0.4, 0.5) is 0 Å². The van der Waals surface area contributed by atoms with Gasteiger partial charge in [0.15, 0.2) is 11.5 Å². The molecule has 3 aromatic rings. The van der Waals surface area contributed by atoms with Crippen LogP contribution in [0.25, 0.3) is 17.3 Å².